The molecule has 1 aromatic carbocycles. The zero-order valence-electron chi connectivity index (χ0n) is 11.1. The Bertz CT molecular complexity index is 586. The largest absolute Gasteiger partial charge is 0.444 e. The average Bonchev–Trinajstić information content (AvgIpc) is 2.91. The molecule has 1 fully saturated rings. The zero-order valence-corrected chi connectivity index (χ0v) is 11.1. The highest BCUT2D eigenvalue weighted by atomic mass is 16.3. The Balaban J connectivity index is 1.62. The van der Waals surface area contributed by atoms with Crippen molar-refractivity contribution in [2.45, 2.75) is 31.2 Å². The second kappa shape index (κ2) is 5.09. The first-order chi connectivity index (χ1) is 9.65. The van der Waals surface area contributed by atoms with E-state index in [1.54, 1.807) is 6.20 Å². The lowest BCUT2D eigenvalue weighted by atomic mass is 9.75. The van der Waals surface area contributed by atoms with E-state index in [0.29, 0.717) is 12.2 Å². The number of rotatable bonds is 4. The molecule has 3 rings (SSSR count). The van der Waals surface area contributed by atoms with Crippen molar-refractivity contribution in [1.29, 1.82) is 0 Å². The second-order valence-corrected chi connectivity index (χ2v) is 5.38. The number of hydrogen-bond donors (Lipinski definition) is 2. The second-order valence-electron chi connectivity index (χ2n) is 5.38. The molecule has 20 heavy (non-hydrogen) atoms. The summed E-state index contributed by atoms with van der Waals surface area (Å²) in [4.78, 5) is 15.8. The standard InChI is InChI=1S/C15H17N3O2/c16-15(6-1-7-15)8-14(19)18-12-4-2-11(3-5-12)13-9-17-10-20-13/h2-5,9-10H,1,6-8,16H2,(H,18,19). The zero-order chi connectivity index (χ0) is 14.0. The van der Waals surface area contributed by atoms with Crippen LogP contribution in [0.25, 0.3) is 11.3 Å². The molecule has 0 unspecified atom stereocenters. The molecule has 0 aliphatic heterocycles. The SMILES string of the molecule is NC1(CC(=O)Nc2ccc(-c3cnco3)cc2)CCC1. The number of amides is 1. The molecular formula is C15H17N3O2. The van der Waals surface area contributed by atoms with Gasteiger partial charge in [0, 0.05) is 23.2 Å². The van der Waals surface area contributed by atoms with Crippen LogP contribution in [0, 0.1) is 0 Å². The summed E-state index contributed by atoms with van der Waals surface area (Å²) in [5.74, 6) is 0.679. The molecule has 1 heterocycles. The van der Waals surface area contributed by atoms with E-state index in [2.05, 4.69) is 10.3 Å². The van der Waals surface area contributed by atoms with Crippen LogP contribution in [0.2, 0.25) is 0 Å². The van der Waals surface area contributed by atoms with Crippen molar-refractivity contribution in [3.05, 3.63) is 36.9 Å². The molecule has 1 amide bonds. The van der Waals surface area contributed by atoms with Crippen LogP contribution in [-0.4, -0.2) is 16.4 Å². The molecule has 0 atom stereocenters. The lowest BCUT2D eigenvalue weighted by Gasteiger charge is -2.37. The summed E-state index contributed by atoms with van der Waals surface area (Å²) in [7, 11) is 0. The number of carbonyl (C=O) groups excluding carboxylic acids is 1. The Kier molecular flexibility index (Phi) is 3.28. The lowest BCUT2D eigenvalue weighted by molar-refractivity contribution is -0.118. The van der Waals surface area contributed by atoms with Gasteiger partial charge in [0.15, 0.2) is 12.2 Å². The third kappa shape index (κ3) is 2.72. The van der Waals surface area contributed by atoms with Crippen LogP contribution in [-0.2, 0) is 4.79 Å². The van der Waals surface area contributed by atoms with Gasteiger partial charge < -0.3 is 15.5 Å². The van der Waals surface area contributed by atoms with Gasteiger partial charge in [-0.1, -0.05) is 0 Å². The van der Waals surface area contributed by atoms with Gasteiger partial charge in [-0.15, -0.1) is 0 Å². The Morgan fingerprint density at radius 1 is 1.35 bits per heavy atom. The molecule has 104 valence electrons. The molecule has 0 saturated heterocycles. The van der Waals surface area contributed by atoms with Gasteiger partial charge in [-0.05, 0) is 43.5 Å². The fraction of sp³-hybridized carbons (Fsp3) is 0.333. The van der Waals surface area contributed by atoms with Gasteiger partial charge in [-0.25, -0.2) is 4.98 Å². The summed E-state index contributed by atoms with van der Waals surface area (Å²) in [5, 5.41) is 2.87. The number of nitrogens with zero attached hydrogens (tertiary/aromatic N) is 1. The molecule has 5 nitrogen and oxygen atoms in total. The molecule has 1 aliphatic carbocycles. The Morgan fingerprint density at radius 2 is 2.10 bits per heavy atom. The smallest absolute Gasteiger partial charge is 0.226 e. The van der Waals surface area contributed by atoms with Crippen LogP contribution in [0.5, 0.6) is 0 Å². The predicted molar refractivity (Wildman–Crippen MR) is 76.0 cm³/mol. The van der Waals surface area contributed by atoms with Crippen LogP contribution in [0.4, 0.5) is 5.69 Å². The number of nitrogens with one attached hydrogen (secondary N) is 1. The number of aromatic nitrogens is 1. The van der Waals surface area contributed by atoms with E-state index in [1.165, 1.54) is 6.39 Å². The van der Waals surface area contributed by atoms with Crippen LogP contribution in [0.15, 0.2) is 41.3 Å². The van der Waals surface area contributed by atoms with Gasteiger partial charge in [0.1, 0.15) is 0 Å². The normalized spacial score (nSPS) is 16.4. The van der Waals surface area contributed by atoms with E-state index in [-0.39, 0.29) is 11.4 Å². The minimum Gasteiger partial charge on any atom is -0.444 e. The van der Waals surface area contributed by atoms with Crippen molar-refractivity contribution in [2.24, 2.45) is 5.73 Å². The first-order valence-electron chi connectivity index (χ1n) is 6.72. The molecule has 2 aromatic rings. The highest BCUT2D eigenvalue weighted by Gasteiger charge is 2.34. The number of hydrogen-bond acceptors (Lipinski definition) is 4. The Labute approximate surface area is 117 Å². The van der Waals surface area contributed by atoms with E-state index < -0.39 is 0 Å². The third-order valence-electron chi connectivity index (χ3n) is 3.75. The third-order valence-corrected chi connectivity index (χ3v) is 3.75. The summed E-state index contributed by atoms with van der Waals surface area (Å²) in [6, 6.07) is 7.47. The summed E-state index contributed by atoms with van der Waals surface area (Å²) >= 11 is 0. The molecule has 1 aliphatic rings. The maximum atomic E-state index is 11.9. The van der Waals surface area contributed by atoms with Crippen molar-refractivity contribution < 1.29 is 9.21 Å². The maximum absolute atomic E-state index is 11.9. The van der Waals surface area contributed by atoms with E-state index in [0.717, 1.165) is 30.5 Å². The number of anilines is 1. The molecule has 5 heteroatoms. The Morgan fingerprint density at radius 3 is 2.65 bits per heavy atom. The van der Waals surface area contributed by atoms with Crippen molar-refractivity contribution >= 4 is 11.6 Å². The first kappa shape index (κ1) is 12.9. The number of benzene rings is 1. The molecule has 1 aromatic heterocycles. The molecule has 0 spiro atoms. The van der Waals surface area contributed by atoms with Gasteiger partial charge in [0.25, 0.3) is 0 Å². The van der Waals surface area contributed by atoms with E-state index in [1.807, 2.05) is 24.3 Å². The van der Waals surface area contributed by atoms with Crippen molar-refractivity contribution in [1.82, 2.24) is 4.98 Å². The molecule has 3 N–H and O–H groups in total. The number of oxazole rings is 1. The molecular weight excluding hydrogens is 254 g/mol. The molecule has 0 radical (unpaired) electrons. The fourth-order valence-corrected chi connectivity index (χ4v) is 2.41. The van der Waals surface area contributed by atoms with Gasteiger partial charge >= 0.3 is 0 Å². The van der Waals surface area contributed by atoms with Crippen molar-refractivity contribution in [3.8, 4) is 11.3 Å². The average molecular weight is 271 g/mol. The topological polar surface area (TPSA) is 81.2 Å². The van der Waals surface area contributed by atoms with E-state index in [9.17, 15) is 4.79 Å². The van der Waals surface area contributed by atoms with Gasteiger partial charge in [0.2, 0.25) is 5.91 Å². The van der Waals surface area contributed by atoms with Crippen LogP contribution < -0.4 is 11.1 Å². The van der Waals surface area contributed by atoms with Gasteiger partial charge in [0.05, 0.1) is 6.20 Å². The minimum absolute atomic E-state index is 0.0281. The van der Waals surface area contributed by atoms with Crippen LogP contribution in [0.3, 0.4) is 0 Å². The highest BCUT2D eigenvalue weighted by molar-refractivity contribution is 5.91. The number of nitrogens with two attached hydrogens (primary N) is 1. The van der Waals surface area contributed by atoms with Crippen LogP contribution >= 0.6 is 0 Å². The lowest BCUT2D eigenvalue weighted by Crippen LogP contribution is -2.48. The van der Waals surface area contributed by atoms with Gasteiger partial charge in [-0.3, -0.25) is 4.79 Å². The molecule has 0 bridgehead atoms. The highest BCUT2D eigenvalue weighted by Crippen LogP contribution is 2.32. The van der Waals surface area contributed by atoms with Crippen LogP contribution in [0.1, 0.15) is 25.7 Å². The quantitative estimate of drug-likeness (QED) is 0.895. The number of carbonyl (C=O) groups is 1. The first-order valence-corrected chi connectivity index (χ1v) is 6.72. The summed E-state index contributed by atoms with van der Waals surface area (Å²) < 4.78 is 5.21. The monoisotopic (exact) mass is 271 g/mol. The van der Waals surface area contributed by atoms with Gasteiger partial charge in [-0.2, -0.15) is 0 Å². The van der Waals surface area contributed by atoms with E-state index in [4.69, 9.17) is 10.2 Å². The Hall–Kier alpha value is -2.14. The molecule has 1 saturated carbocycles. The predicted octanol–water partition coefficient (Wildman–Crippen LogP) is 2.55. The van der Waals surface area contributed by atoms with Crippen molar-refractivity contribution in [2.75, 3.05) is 5.32 Å². The fourth-order valence-electron chi connectivity index (χ4n) is 2.41. The summed E-state index contributed by atoms with van der Waals surface area (Å²) in [6.45, 7) is 0. The summed E-state index contributed by atoms with van der Waals surface area (Å²) in [6.07, 6.45) is 6.43. The van der Waals surface area contributed by atoms with Crippen molar-refractivity contribution in [3.63, 3.8) is 0 Å². The van der Waals surface area contributed by atoms with E-state index >= 15 is 0 Å². The minimum atomic E-state index is -0.288. The maximum Gasteiger partial charge on any atom is 0.226 e. The summed E-state index contributed by atoms with van der Waals surface area (Å²) in [5.41, 5.74) is 7.47.